The van der Waals surface area contributed by atoms with Gasteiger partial charge in [-0.2, -0.15) is 5.06 Å². The zero-order valence-electron chi connectivity index (χ0n) is 7.93. The van der Waals surface area contributed by atoms with Gasteiger partial charge in [0.15, 0.2) is 0 Å². The predicted molar refractivity (Wildman–Crippen MR) is 43.7 cm³/mol. The minimum Gasteiger partial charge on any atom is -0.296 e. The quantitative estimate of drug-likeness (QED) is 0.551. The molecular weight excluding hydrogens is 126 g/mol. The van der Waals surface area contributed by atoms with Crippen molar-refractivity contribution in [3.8, 4) is 0 Å². The molecule has 0 atom stereocenters. The van der Waals surface area contributed by atoms with Crippen LogP contribution in [0.1, 0.15) is 34.6 Å². The van der Waals surface area contributed by atoms with E-state index in [1.165, 1.54) is 0 Å². The molecule has 0 saturated carbocycles. The van der Waals surface area contributed by atoms with Gasteiger partial charge in [0.2, 0.25) is 0 Å². The smallest absolute Gasteiger partial charge is 0.0737 e. The molecule has 0 unspecified atom stereocenters. The van der Waals surface area contributed by atoms with Gasteiger partial charge in [-0.3, -0.25) is 4.84 Å². The molecule has 0 spiro atoms. The Hall–Kier alpha value is -0.0800. The summed E-state index contributed by atoms with van der Waals surface area (Å²) in [5, 5.41) is 1.89. The van der Waals surface area contributed by atoms with Crippen LogP contribution in [0.25, 0.3) is 0 Å². The third kappa shape index (κ3) is 3.85. The molecule has 0 saturated heterocycles. The summed E-state index contributed by atoms with van der Waals surface area (Å²) in [5.74, 6) is 0. The lowest BCUT2D eigenvalue weighted by atomic mass is 10.1. The molecule has 0 aromatic rings. The van der Waals surface area contributed by atoms with Crippen molar-refractivity contribution >= 4 is 0 Å². The SMILES string of the molecule is CC(C)ON(C)C(C)(C)C. The van der Waals surface area contributed by atoms with E-state index >= 15 is 0 Å². The van der Waals surface area contributed by atoms with Gasteiger partial charge < -0.3 is 0 Å². The molecule has 0 aliphatic carbocycles. The van der Waals surface area contributed by atoms with Crippen molar-refractivity contribution in [2.75, 3.05) is 7.05 Å². The summed E-state index contributed by atoms with van der Waals surface area (Å²) < 4.78 is 0. The van der Waals surface area contributed by atoms with Crippen molar-refractivity contribution in [3.05, 3.63) is 0 Å². The third-order valence-corrected chi connectivity index (χ3v) is 1.31. The maximum Gasteiger partial charge on any atom is 0.0737 e. The van der Waals surface area contributed by atoms with E-state index in [4.69, 9.17) is 4.84 Å². The molecule has 0 aliphatic rings. The molecule has 0 heterocycles. The zero-order valence-corrected chi connectivity index (χ0v) is 7.93. The Morgan fingerprint density at radius 3 is 1.70 bits per heavy atom. The second-order valence-electron chi connectivity index (χ2n) is 3.82. The first-order valence-electron chi connectivity index (χ1n) is 3.74. The lowest BCUT2D eigenvalue weighted by molar-refractivity contribution is -0.216. The highest BCUT2D eigenvalue weighted by Crippen LogP contribution is 2.11. The highest BCUT2D eigenvalue weighted by molar-refractivity contribution is 4.66. The Morgan fingerprint density at radius 2 is 1.60 bits per heavy atom. The van der Waals surface area contributed by atoms with Crippen molar-refractivity contribution in [3.63, 3.8) is 0 Å². The van der Waals surface area contributed by atoms with Gasteiger partial charge in [0.25, 0.3) is 0 Å². The molecule has 0 fully saturated rings. The van der Waals surface area contributed by atoms with Crippen LogP contribution in [0.2, 0.25) is 0 Å². The van der Waals surface area contributed by atoms with Crippen LogP contribution < -0.4 is 0 Å². The van der Waals surface area contributed by atoms with Gasteiger partial charge in [-0.15, -0.1) is 0 Å². The molecule has 62 valence electrons. The van der Waals surface area contributed by atoms with Crippen LogP contribution in [0.5, 0.6) is 0 Å². The Balaban J connectivity index is 3.73. The van der Waals surface area contributed by atoms with Crippen molar-refractivity contribution in [2.45, 2.75) is 46.3 Å². The second kappa shape index (κ2) is 3.35. The maximum atomic E-state index is 5.45. The Morgan fingerprint density at radius 1 is 1.20 bits per heavy atom. The predicted octanol–water partition coefficient (Wildman–Crippen LogP) is 2.06. The van der Waals surface area contributed by atoms with Crippen LogP contribution in [-0.4, -0.2) is 23.8 Å². The molecule has 0 aromatic carbocycles. The average Bonchev–Trinajstić information content (AvgIpc) is 1.60. The summed E-state index contributed by atoms with van der Waals surface area (Å²) in [7, 11) is 1.96. The van der Waals surface area contributed by atoms with Crippen LogP contribution in [-0.2, 0) is 4.84 Å². The van der Waals surface area contributed by atoms with Gasteiger partial charge >= 0.3 is 0 Å². The summed E-state index contributed by atoms with van der Waals surface area (Å²) in [6.07, 6.45) is 0.268. The minimum atomic E-state index is 0.101. The van der Waals surface area contributed by atoms with Crippen molar-refractivity contribution in [2.24, 2.45) is 0 Å². The van der Waals surface area contributed by atoms with Crippen LogP contribution in [0.15, 0.2) is 0 Å². The van der Waals surface area contributed by atoms with Gasteiger partial charge in [-0.1, -0.05) is 0 Å². The van der Waals surface area contributed by atoms with Crippen LogP contribution in [0.4, 0.5) is 0 Å². The van der Waals surface area contributed by atoms with E-state index in [2.05, 4.69) is 20.8 Å². The highest BCUT2D eigenvalue weighted by Gasteiger charge is 2.18. The topological polar surface area (TPSA) is 12.5 Å². The van der Waals surface area contributed by atoms with Gasteiger partial charge in [0.05, 0.1) is 6.10 Å². The molecular formula is C8H19NO. The molecule has 0 aliphatic heterocycles. The van der Waals surface area contributed by atoms with Crippen molar-refractivity contribution in [1.29, 1.82) is 0 Å². The summed E-state index contributed by atoms with van der Waals surface area (Å²) in [6, 6.07) is 0. The number of hydrogen-bond donors (Lipinski definition) is 0. The largest absolute Gasteiger partial charge is 0.296 e. The van der Waals surface area contributed by atoms with Gasteiger partial charge in [-0.25, -0.2) is 0 Å². The lowest BCUT2D eigenvalue weighted by Crippen LogP contribution is -2.39. The van der Waals surface area contributed by atoms with E-state index in [1.54, 1.807) is 0 Å². The normalized spacial score (nSPS) is 13.2. The first-order valence-corrected chi connectivity index (χ1v) is 3.74. The molecule has 0 bridgehead atoms. The lowest BCUT2D eigenvalue weighted by Gasteiger charge is -2.32. The van der Waals surface area contributed by atoms with Gasteiger partial charge in [-0.05, 0) is 34.6 Å². The average molecular weight is 145 g/mol. The second-order valence-corrected chi connectivity index (χ2v) is 3.82. The molecule has 0 amide bonds. The summed E-state index contributed by atoms with van der Waals surface area (Å²) in [5.41, 5.74) is 0.101. The molecule has 0 radical (unpaired) electrons. The maximum absolute atomic E-state index is 5.45. The summed E-state index contributed by atoms with van der Waals surface area (Å²) >= 11 is 0. The zero-order chi connectivity index (χ0) is 8.36. The van der Waals surface area contributed by atoms with E-state index in [0.29, 0.717) is 0 Å². The standard InChI is InChI=1S/C8H19NO/c1-7(2)10-9(6)8(3,4)5/h7H,1-6H3. The van der Waals surface area contributed by atoms with Crippen LogP contribution >= 0.6 is 0 Å². The summed E-state index contributed by atoms with van der Waals surface area (Å²) in [4.78, 5) is 5.45. The Labute approximate surface area is 64.1 Å². The van der Waals surface area contributed by atoms with Crippen molar-refractivity contribution < 1.29 is 4.84 Å². The van der Waals surface area contributed by atoms with E-state index in [1.807, 2.05) is 26.0 Å². The first-order chi connectivity index (χ1) is 4.34. The monoisotopic (exact) mass is 145 g/mol. The van der Waals surface area contributed by atoms with Crippen LogP contribution in [0, 0.1) is 0 Å². The number of nitrogens with zero attached hydrogens (tertiary/aromatic N) is 1. The molecule has 2 nitrogen and oxygen atoms in total. The van der Waals surface area contributed by atoms with Gasteiger partial charge in [0, 0.05) is 12.6 Å². The Kier molecular flexibility index (Phi) is 3.33. The number of hydrogen-bond acceptors (Lipinski definition) is 2. The molecule has 0 N–H and O–H groups in total. The van der Waals surface area contributed by atoms with Crippen LogP contribution in [0.3, 0.4) is 0 Å². The number of hydroxylamine groups is 2. The van der Waals surface area contributed by atoms with E-state index in [9.17, 15) is 0 Å². The molecule has 0 rings (SSSR count). The fourth-order valence-electron chi connectivity index (χ4n) is 0.474. The third-order valence-electron chi connectivity index (χ3n) is 1.31. The molecule has 10 heavy (non-hydrogen) atoms. The number of rotatable bonds is 2. The van der Waals surface area contributed by atoms with Gasteiger partial charge in [0.1, 0.15) is 0 Å². The fraction of sp³-hybridized carbons (Fsp3) is 1.00. The molecule has 2 heteroatoms. The summed E-state index contributed by atoms with van der Waals surface area (Å²) in [6.45, 7) is 10.4. The van der Waals surface area contributed by atoms with E-state index in [-0.39, 0.29) is 11.6 Å². The highest BCUT2D eigenvalue weighted by atomic mass is 16.7. The van der Waals surface area contributed by atoms with E-state index < -0.39 is 0 Å². The minimum absolute atomic E-state index is 0.101. The first kappa shape index (κ1) is 9.92. The van der Waals surface area contributed by atoms with E-state index in [0.717, 1.165) is 0 Å². The Bertz CT molecular complexity index is 93.9. The fourth-order valence-corrected chi connectivity index (χ4v) is 0.474. The molecule has 0 aromatic heterocycles. The van der Waals surface area contributed by atoms with Crippen molar-refractivity contribution in [1.82, 2.24) is 5.06 Å².